The fourth-order valence-corrected chi connectivity index (χ4v) is 4.79. The van der Waals surface area contributed by atoms with Crippen LogP contribution in [-0.2, 0) is 0 Å². The van der Waals surface area contributed by atoms with Gasteiger partial charge in [0, 0.05) is 57.6 Å². The van der Waals surface area contributed by atoms with Gasteiger partial charge in [0.15, 0.2) is 11.6 Å². The third kappa shape index (κ3) is 10.9. The average molecular weight is 713 g/mol. The van der Waals surface area contributed by atoms with E-state index in [0.717, 1.165) is 48.2 Å². The van der Waals surface area contributed by atoms with Gasteiger partial charge in [-0.2, -0.15) is 0 Å². The fraction of sp³-hybridized carbons (Fsp3) is 0.132. The van der Waals surface area contributed by atoms with E-state index in [4.69, 9.17) is 4.98 Å². The molecule has 0 aliphatic rings. The number of carbonyl (C=O) groups excluding carboxylic acids is 2. The van der Waals surface area contributed by atoms with Gasteiger partial charge in [-0.3, -0.25) is 9.59 Å². The Hall–Kier alpha value is -4.13. The second kappa shape index (κ2) is 17.2. The van der Waals surface area contributed by atoms with Crippen molar-refractivity contribution in [1.29, 1.82) is 0 Å². The van der Waals surface area contributed by atoms with Crippen LogP contribution >= 0.6 is 31.9 Å². The zero-order valence-corrected chi connectivity index (χ0v) is 28.8. The summed E-state index contributed by atoms with van der Waals surface area (Å²) in [6, 6.07) is 37.6. The molecule has 44 heavy (non-hydrogen) atoms. The van der Waals surface area contributed by atoms with E-state index in [1.807, 2.05) is 98.7 Å². The molecule has 0 aliphatic carbocycles. The molecule has 0 unspecified atom stereocenters. The zero-order valence-electron chi connectivity index (χ0n) is 25.6. The first-order chi connectivity index (χ1) is 21.0. The lowest BCUT2D eigenvalue weighted by atomic mass is 10.0. The molecule has 0 aliphatic heterocycles. The monoisotopic (exact) mass is 710 g/mol. The van der Waals surface area contributed by atoms with Gasteiger partial charge in [0.05, 0.1) is 11.4 Å². The van der Waals surface area contributed by atoms with Gasteiger partial charge in [-0.25, -0.2) is 4.98 Å². The lowest BCUT2D eigenvalue weighted by Crippen LogP contribution is -2.04. The summed E-state index contributed by atoms with van der Waals surface area (Å²) < 4.78 is 2.00. The van der Waals surface area contributed by atoms with E-state index >= 15 is 0 Å². The molecule has 4 aromatic carbocycles. The van der Waals surface area contributed by atoms with Crippen LogP contribution in [-0.4, -0.2) is 35.5 Å². The van der Waals surface area contributed by atoms with Crippen molar-refractivity contribution >= 4 is 43.4 Å². The summed E-state index contributed by atoms with van der Waals surface area (Å²) in [5.74, 6) is 0.151. The van der Waals surface area contributed by atoms with Crippen LogP contribution in [0.2, 0.25) is 0 Å². The van der Waals surface area contributed by atoms with Crippen molar-refractivity contribution in [1.82, 2.24) is 9.88 Å². The largest absolute Gasteiger partial charge is 0.383 e. The summed E-state index contributed by atoms with van der Waals surface area (Å²) in [6.07, 6.45) is 3.33. The number of nitrogens with zero attached hydrogens (tertiary/aromatic N) is 2. The van der Waals surface area contributed by atoms with Gasteiger partial charge in [-0.15, -0.1) is 0 Å². The van der Waals surface area contributed by atoms with Gasteiger partial charge in [-0.05, 0) is 68.3 Å². The van der Waals surface area contributed by atoms with Gasteiger partial charge in [0.2, 0.25) is 0 Å². The molecular formula is C38H36Br2N2O2. The molecule has 0 atom stereocenters. The van der Waals surface area contributed by atoms with Gasteiger partial charge >= 0.3 is 0 Å². The van der Waals surface area contributed by atoms with Crippen LogP contribution in [0.5, 0.6) is 0 Å². The summed E-state index contributed by atoms with van der Waals surface area (Å²) in [7, 11) is 3.77. The van der Waals surface area contributed by atoms with Crippen LogP contribution in [0, 0.1) is 13.8 Å². The topological polar surface area (TPSA) is 50.3 Å². The summed E-state index contributed by atoms with van der Waals surface area (Å²) in [5, 5.41) is 0. The van der Waals surface area contributed by atoms with E-state index in [9.17, 15) is 9.59 Å². The Labute approximate surface area is 277 Å². The lowest BCUT2D eigenvalue weighted by Gasteiger charge is -2.08. The first-order valence-electron chi connectivity index (χ1n) is 14.0. The number of aryl methyl sites for hydroxylation is 2. The molecule has 0 amide bonds. The molecule has 1 aromatic heterocycles. The number of allylic oxidation sites excluding steroid dienone is 1. The highest BCUT2D eigenvalue weighted by Gasteiger charge is 2.07. The van der Waals surface area contributed by atoms with E-state index in [2.05, 4.69) is 81.2 Å². The van der Waals surface area contributed by atoms with E-state index in [-0.39, 0.29) is 11.6 Å². The zero-order chi connectivity index (χ0) is 32.1. The molecule has 0 bridgehead atoms. The third-order valence-electron chi connectivity index (χ3n) is 6.46. The SMILES string of the molecule is CC(=O)c1ccccc1.Cc1ccc(Br)cc1-c1cccc(-c2ccccc2)n1.Cc1ccc(Br)cc1C(=O)/C=C/N(C)C. The van der Waals surface area contributed by atoms with Crippen molar-refractivity contribution in [3.05, 3.63) is 159 Å². The van der Waals surface area contributed by atoms with Gasteiger partial charge in [-0.1, -0.05) is 111 Å². The second-order valence-corrected chi connectivity index (χ2v) is 12.1. The minimum atomic E-state index is 0.0301. The highest BCUT2D eigenvalue weighted by molar-refractivity contribution is 9.10. The predicted octanol–water partition coefficient (Wildman–Crippen LogP) is 10.4. The molecule has 6 heteroatoms. The second-order valence-electron chi connectivity index (χ2n) is 10.3. The van der Waals surface area contributed by atoms with Crippen LogP contribution < -0.4 is 0 Å². The molecule has 5 rings (SSSR count). The molecule has 0 saturated heterocycles. The molecule has 0 N–H and O–H groups in total. The number of ketones is 2. The van der Waals surface area contributed by atoms with E-state index in [1.165, 1.54) is 5.56 Å². The maximum atomic E-state index is 11.8. The average Bonchev–Trinajstić information content (AvgIpc) is 3.03. The highest BCUT2D eigenvalue weighted by Crippen LogP contribution is 2.27. The number of aromatic nitrogens is 1. The molecular weight excluding hydrogens is 676 g/mol. The molecule has 0 spiro atoms. The first-order valence-corrected chi connectivity index (χ1v) is 15.6. The number of Topliss-reactive ketones (excluding diaryl/α,β-unsaturated/α-hetero) is 1. The number of carbonyl (C=O) groups is 2. The van der Waals surface area contributed by atoms with Crippen LogP contribution in [0.15, 0.2) is 136 Å². The Morgan fingerprint density at radius 3 is 1.84 bits per heavy atom. The Morgan fingerprint density at radius 1 is 0.682 bits per heavy atom. The number of benzene rings is 4. The molecule has 0 radical (unpaired) electrons. The molecule has 1 heterocycles. The van der Waals surface area contributed by atoms with Crippen LogP contribution in [0.25, 0.3) is 22.5 Å². The molecule has 5 aromatic rings. The van der Waals surface area contributed by atoms with Gasteiger partial charge in [0.1, 0.15) is 0 Å². The van der Waals surface area contributed by atoms with Crippen LogP contribution in [0.4, 0.5) is 0 Å². The van der Waals surface area contributed by atoms with Gasteiger partial charge in [0.25, 0.3) is 0 Å². The number of hydrogen-bond donors (Lipinski definition) is 0. The molecule has 0 saturated carbocycles. The smallest absolute Gasteiger partial charge is 0.187 e. The minimum absolute atomic E-state index is 0.0301. The maximum absolute atomic E-state index is 11.8. The Balaban J connectivity index is 0.000000194. The summed E-state index contributed by atoms with van der Waals surface area (Å²) in [4.78, 5) is 29.1. The Kier molecular flexibility index (Phi) is 13.5. The number of hydrogen-bond acceptors (Lipinski definition) is 4. The number of rotatable bonds is 6. The summed E-state index contributed by atoms with van der Waals surface area (Å²) >= 11 is 6.89. The van der Waals surface area contributed by atoms with E-state index < -0.39 is 0 Å². The van der Waals surface area contributed by atoms with Crippen molar-refractivity contribution in [2.24, 2.45) is 0 Å². The highest BCUT2D eigenvalue weighted by atomic mass is 79.9. The lowest BCUT2D eigenvalue weighted by molar-refractivity contribution is 0.101. The van der Waals surface area contributed by atoms with E-state index in [1.54, 1.807) is 19.2 Å². The van der Waals surface area contributed by atoms with Crippen LogP contribution in [0.1, 0.15) is 38.8 Å². The number of halogens is 2. The first kappa shape index (κ1) is 34.4. The standard InChI is InChI=1S/C18H14BrN.C12H14BrNO.C8H8O/c1-13-10-11-15(19)12-16(13)18-9-5-8-17(20-18)14-6-3-2-4-7-14;1-9-4-5-10(13)8-11(9)12(15)6-7-14(2)3;1-7(9)8-5-3-2-4-6-8/h2-12H,1H3;4-8H,1-3H3;2-6H,1H3/b;7-6+;. The molecule has 224 valence electrons. The molecule has 0 fully saturated rings. The van der Waals surface area contributed by atoms with Crippen molar-refractivity contribution in [2.45, 2.75) is 20.8 Å². The van der Waals surface area contributed by atoms with Crippen molar-refractivity contribution in [3.63, 3.8) is 0 Å². The van der Waals surface area contributed by atoms with Crippen molar-refractivity contribution < 1.29 is 9.59 Å². The minimum Gasteiger partial charge on any atom is -0.383 e. The maximum Gasteiger partial charge on any atom is 0.187 e. The fourth-order valence-electron chi connectivity index (χ4n) is 4.06. The summed E-state index contributed by atoms with van der Waals surface area (Å²) in [5.41, 5.74) is 8.05. The normalized spacial score (nSPS) is 10.2. The van der Waals surface area contributed by atoms with Crippen molar-refractivity contribution in [2.75, 3.05) is 14.1 Å². The quantitative estimate of drug-likeness (QED) is 0.130. The third-order valence-corrected chi connectivity index (χ3v) is 7.45. The molecule has 4 nitrogen and oxygen atoms in total. The summed E-state index contributed by atoms with van der Waals surface area (Å²) in [6.45, 7) is 5.61. The van der Waals surface area contributed by atoms with Gasteiger partial charge < -0.3 is 4.90 Å². The Bertz CT molecular complexity index is 1720. The Morgan fingerprint density at radius 2 is 1.25 bits per heavy atom. The van der Waals surface area contributed by atoms with Crippen molar-refractivity contribution in [3.8, 4) is 22.5 Å². The predicted molar refractivity (Wildman–Crippen MR) is 190 cm³/mol. The van der Waals surface area contributed by atoms with E-state index in [0.29, 0.717) is 0 Å². The number of pyridine rings is 1. The van der Waals surface area contributed by atoms with Crippen LogP contribution in [0.3, 0.4) is 0 Å².